The monoisotopic (exact) mass is 488 g/mol. The number of ketones is 1. The molecule has 1 unspecified atom stereocenters. The zero-order chi connectivity index (χ0) is 25.8. The van der Waals surface area contributed by atoms with E-state index in [1.54, 1.807) is 60.9 Å². The SMILES string of the molecule is COC(=O)c1ccc(C2C(=C(O)c3ccc(OC)c(OC)c3)C(=O)C(=O)N2Cc2cccnc2)cc1. The van der Waals surface area contributed by atoms with Crippen LogP contribution in [0.2, 0.25) is 0 Å². The Morgan fingerprint density at radius 2 is 1.67 bits per heavy atom. The number of pyridine rings is 1. The predicted molar refractivity (Wildman–Crippen MR) is 129 cm³/mol. The van der Waals surface area contributed by atoms with Gasteiger partial charge >= 0.3 is 5.97 Å². The Kier molecular flexibility index (Phi) is 7.00. The standard InChI is InChI=1S/C27H24N2O7/c1-34-20-11-10-19(13-21(20)35-2)24(30)22-23(17-6-8-18(9-7-17)27(33)36-3)29(26(32)25(22)31)15-16-5-4-12-28-14-16/h4-14,23,30H,15H2,1-3H3. The number of aromatic nitrogens is 1. The van der Waals surface area contributed by atoms with Crippen molar-refractivity contribution in [3.05, 3.63) is 94.8 Å². The molecular weight excluding hydrogens is 464 g/mol. The van der Waals surface area contributed by atoms with Crippen LogP contribution in [0, 0.1) is 0 Å². The van der Waals surface area contributed by atoms with E-state index < -0.39 is 23.7 Å². The first kappa shape index (κ1) is 24.5. The molecule has 9 nitrogen and oxygen atoms in total. The average molecular weight is 488 g/mol. The minimum atomic E-state index is -0.912. The Bertz CT molecular complexity index is 1330. The van der Waals surface area contributed by atoms with Gasteiger partial charge in [0.25, 0.3) is 11.7 Å². The second-order valence-electron chi connectivity index (χ2n) is 7.97. The van der Waals surface area contributed by atoms with Gasteiger partial charge in [0.1, 0.15) is 5.76 Å². The number of likely N-dealkylation sites (tertiary alicyclic amines) is 1. The Morgan fingerprint density at radius 1 is 0.972 bits per heavy atom. The average Bonchev–Trinajstić information content (AvgIpc) is 3.17. The number of carbonyl (C=O) groups is 3. The number of ether oxygens (including phenoxy) is 3. The minimum absolute atomic E-state index is 0.0815. The van der Waals surface area contributed by atoms with Crippen LogP contribution in [0.25, 0.3) is 5.76 Å². The number of amides is 1. The first-order chi connectivity index (χ1) is 17.4. The number of hydrogen-bond donors (Lipinski definition) is 1. The molecule has 1 fully saturated rings. The van der Waals surface area contributed by atoms with Gasteiger partial charge in [0.15, 0.2) is 11.5 Å². The fourth-order valence-electron chi connectivity index (χ4n) is 4.14. The van der Waals surface area contributed by atoms with Crippen molar-refractivity contribution in [2.45, 2.75) is 12.6 Å². The van der Waals surface area contributed by atoms with Gasteiger partial charge in [-0.2, -0.15) is 0 Å². The van der Waals surface area contributed by atoms with E-state index in [1.165, 1.54) is 32.3 Å². The van der Waals surface area contributed by atoms with E-state index in [2.05, 4.69) is 4.98 Å². The van der Waals surface area contributed by atoms with Crippen molar-refractivity contribution in [3.8, 4) is 11.5 Å². The minimum Gasteiger partial charge on any atom is -0.507 e. The van der Waals surface area contributed by atoms with Crippen LogP contribution in [-0.4, -0.2) is 54.0 Å². The van der Waals surface area contributed by atoms with Crippen molar-refractivity contribution in [2.75, 3.05) is 21.3 Å². The Balaban J connectivity index is 1.86. The molecule has 1 saturated heterocycles. The lowest BCUT2D eigenvalue weighted by molar-refractivity contribution is -0.140. The highest BCUT2D eigenvalue weighted by molar-refractivity contribution is 6.46. The third-order valence-electron chi connectivity index (χ3n) is 5.92. The van der Waals surface area contributed by atoms with E-state index in [1.807, 2.05) is 0 Å². The van der Waals surface area contributed by atoms with E-state index >= 15 is 0 Å². The third-order valence-corrected chi connectivity index (χ3v) is 5.92. The largest absolute Gasteiger partial charge is 0.507 e. The van der Waals surface area contributed by atoms with Gasteiger partial charge in [0.05, 0.1) is 38.5 Å². The molecule has 2 heterocycles. The van der Waals surface area contributed by atoms with Crippen molar-refractivity contribution in [1.82, 2.24) is 9.88 Å². The molecule has 184 valence electrons. The first-order valence-electron chi connectivity index (χ1n) is 11.0. The van der Waals surface area contributed by atoms with Gasteiger partial charge in [0.2, 0.25) is 0 Å². The summed E-state index contributed by atoms with van der Waals surface area (Å²) in [5.41, 5.74) is 1.75. The second kappa shape index (κ2) is 10.3. The van der Waals surface area contributed by atoms with Crippen LogP contribution in [0.3, 0.4) is 0 Å². The molecule has 0 radical (unpaired) electrons. The molecule has 9 heteroatoms. The first-order valence-corrected chi connectivity index (χ1v) is 11.0. The van der Waals surface area contributed by atoms with Crippen molar-refractivity contribution >= 4 is 23.4 Å². The smallest absolute Gasteiger partial charge is 0.337 e. The summed E-state index contributed by atoms with van der Waals surface area (Å²) in [6.45, 7) is 0.0878. The fraction of sp³-hybridized carbons (Fsp3) is 0.185. The van der Waals surface area contributed by atoms with E-state index in [9.17, 15) is 19.5 Å². The second-order valence-corrected chi connectivity index (χ2v) is 7.97. The molecule has 36 heavy (non-hydrogen) atoms. The molecule has 1 amide bonds. The molecule has 3 aromatic rings. The Morgan fingerprint density at radius 3 is 2.28 bits per heavy atom. The zero-order valence-corrected chi connectivity index (χ0v) is 19.9. The molecule has 1 aliphatic heterocycles. The summed E-state index contributed by atoms with van der Waals surface area (Å²) < 4.78 is 15.3. The van der Waals surface area contributed by atoms with Gasteiger partial charge in [0, 0.05) is 24.5 Å². The number of nitrogens with zero attached hydrogens (tertiary/aromatic N) is 2. The van der Waals surface area contributed by atoms with E-state index in [0.717, 1.165) is 0 Å². The molecule has 2 aromatic carbocycles. The van der Waals surface area contributed by atoms with E-state index in [0.29, 0.717) is 28.2 Å². The summed E-state index contributed by atoms with van der Waals surface area (Å²) in [4.78, 5) is 43.8. The molecule has 0 spiro atoms. The topological polar surface area (TPSA) is 115 Å². The number of hydrogen-bond acceptors (Lipinski definition) is 8. The maximum absolute atomic E-state index is 13.2. The highest BCUT2D eigenvalue weighted by Crippen LogP contribution is 2.41. The lowest BCUT2D eigenvalue weighted by atomic mass is 9.94. The quantitative estimate of drug-likeness (QED) is 0.233. The van der Waals surface area contributed by atoms with Gasteiger partial charge < -0.3 is 24.2 Å². The molecule has 4 rings (SSSR count). The van der Waals surface area contributed by atoms with Crippen LogP contribution in [0.1, 0.15) is 33.1 Å². The number of rotatable bonds is 7. The van der Waals surface area contributed by atoms with E-state index in [4.69, 9.17) is 14.2 Å². The summed E-state index contributed by atoms with van der Waals surface area (Å²) in [6.07, 6.45) is 3.21. The van der Waals surface area contributed by atoms with Gasteiger partial charge in [-0.15, -0.1) is 0 Å². The van der Waals surface area contributed by atoms with Crippen LogP contribution >= 0.6 is 0 Å². The molecular formula is C27H24N2O7. The molecule has 0 saturated carbocycles. The molecule has 1 N–H and O–H groups in total. The lowest BCUT2D eigenvalue weighted by Crippen LogP contribution is -2.29. The van der Waals surface area contributed by atoms with Gasteiger partial charge in [-0.1, -0.05) is 18.2 Å². The van der Waals surface area contributed by atoms with Crippen molar-refractivity contribution in [3.63, 3.8) is 0 Å². The number of Topliss-reactive ketones (excluding diaryl/α,β-unsaturated/α-hetero) is 1. The van der Waals surface area contributed by atoms with Crippen molar-refractivity contribution in [2.24, 2.45) is 0 Å². The van der Waals surface area contributed by atoms with Crippen LogP contribution in [0.5, 0.6) is 11.5 Å². The number of benzene rings is 2. The Hall–Kier alpha value is -4.66. The van der Waals surface area contributed by atoms with Gasteiger partial charge in [-0.05, 0) is 47.5 Å². The third kappa shape index (κ3) is 4.50. The molecule has 1 aromatic heterocycles. The summed E-state index contributed by atoms with van der Waals surface area (Å²) in [5.74, 6) is -1.66. The predicted octanol–water partition coefficient (Wildman–Crippen LogP) is 3.51. The highest BCUT2D eigenvalue weighted by Gasteiger charge is 2.46. The Labute approximate surface area is 207 Å². The molecule has 0 bridgehead atoms. The number of methoxy groups -OCH3 is 3. The highest BCUT2D eigenvalue weighted by atomic mass is 16.5. The summed E-state index contributed by atoms with van der Waals surface area (Å²) in [5, 5.41) is 11.3. The van der Waals surface area contributed by atoms with Crippen LogP contribution < -0.4 is 9.47 Å². The number of aliphatic hydroxyl groups excluding tert-OH is 1. The summed E-state index contributed by atoms with van der Waals surface area (Å²) >= 11 is 0. The summed E-state index contributed by atoms with van der Waals surface area (Å²) in [6, 6.07) is 13.6. The van der Waals surface area contributed by atoms with Gasteiger partial charge in [-0.25, -0.2) is 4.79 Å². The lowest BCUT2D eigenvalue weighted by Gasteiger charge is -2.25. The zero-order valence-electron chi connectivity index (χ0n) is 19.9. The summed E-state index contributed by atoms with van der Waals surface area (Å²) in [7, 11) is 4.22. The fourth-order valence-corrected chi connectivity index (χ4v) is 4.14. The van der Waals surface area contributed by atoms with Crippen molar-refractivity contribution < 1.29 is 33.7 Å². The normalized spacial score (nSPS) is 16.6. The number of esters is 1. The molecule has 1 aliphatic rings. The van der Waals surface area contributed by atoms with Crippen LogP contribution in [0.15, 0.2) is 72.6 Å². The maximum atomic E-state index is 13.2. The van der Waals surface area contributed by atoms with Crippen molar-refractivity contribution in [1.29, 1.82) is 0 Å². The van der Waals surface area contributed by atoms with Crippen LogP contribution in [-0.2, 0) is 20.9 Å². The van der Waals surface area contributed by atoms with Gasteiger partial charge in [-0.3, -0.25) is 14.6 Å². The maximum Gasteiger partial charge on any atom is 0.337 e. The number of aliphatic hydroxyl groups is 1. The van der Waals surface area contributed by atoms with Crippen LogP contribution in [0.4, 0.5) is 0 Å². The van der Waals surface area contributed by atoms with E-state index in [-0.39, 0.29) is 23.4 Å². The molecule has 0 aliphatic carbocycles. The number of carbonyl (C=O) groups excluding carboxylic acids is 3. The molecule has 1 atom stereocenters.